The van der Waals surface area contributed by atoms with Crippen molar-refractivity contribution in [1.29, 1.82) is 0 Å². The van der Waals surface area contributed by atoms with Gasteiger partial charge in [-0.3, -0.25) is 20.0 Å². The highest BCUT2D eigenvalue weighted by Crippen LogP contribution is 2.30. The Balaban J connectivity index is 2.38. The molecule has 0 aliphatic carbocycles. The smallest absolute Gasteiger partial charge is 0.270 e. The molecule has 1 heterocycles. The number of non-ortho nitro benzene ring substituents is 1. The fraction of sp³-hybridized carbons (Fsp3) is 0.250. The number of hydrogen-bond acceptors (Lipinski definition) is 6. The van der Waals surface area contributed by atoms with Gasteiger partial charge < -0.3 is 5.32 Å². The molecule has 0 aliphatic heterocycles. The summed E-state index contributed by atoms with van der Waals surface area (Å²) in [6, 6.07) is 4.07. The molecule has 1 aromatic heterocycles. The van der Waals surface area contributed by atoms with Crippen LogP contribution in [0.4, 0.5) is 5.69 Å². The number of nitro benzene ring substituents is 1. The van der Waals surface area contributed by atoms with Crippen LogP contribution in [0.1, 0.15) is 24.2 Å². The summed E-state index contributed by atoms with van der Waals surface area (Å²) in [7, 11) is 0. The third-order valence-corrected chi connectivity index (χ3v) is 3.40. The van der Waals surface area contributed by atoms with Crippen molar-refractivity contribution in [3.05, 3.63) is 40.2 Å². The predicted octanol–water partition coefficient (Wildman–Crippen LogP) is 2.00. The number of hydrogen-bond donors (Lipinski definition) is 2. The number of H-pyrrole nitrogens is 1. The summed E-state index contributed by atoms with van der Waals surface area (Å²) in [4.78, 5) is 27.0. The maximum Gasteiger partial charge on any atom is 0.270 e. The fourth-order valence-corrected chi connectivity index (χ4v) is 2.39. The number of amides is 1. The lowest BCUT2D eigenvalue weighted by atomic mass is 10.2. The summed E-state index contributed by atoms with van der Waals surface area (Å²) in [5.74, 6) is -0.365. The molecule has 0 saturated carbocycles. The second-order valence-corrected chi connectivity index (χ2v) is 5.49. The van der Waals surface area contributed by atoms with Gasteiger partial charge in [-0.25, -0.2) is 4.98 Å². The van der Waals surface area contributed by atoms with Gasteiger partial charge in [0.05, 0.1) is 10.5 Å². The Morgan fingerprint density at radius 1 is 1.48 bits per heavy atom. The molecule has 0 aliphatic rings. The molecule has 2 rings (SSSR count). The first-order valence-corrected chi connectivity index (χ1v) is 6.91. The van der Waals surface area contributed by atoms with Crippen LogP contribution in [0.5, 0.6) is 0 Å². The molecular formula is C12H13N5O3S. The second-order valence-electron chi connectivity index (χ2n) is 4.46. The summed E-state index contributed by atoms with van der Waals surface area (Å²) < 4.78 is 0. The average molecular weight is 307 g/mol. The van der Waals surface area contributed by atoms with E-state index in [1.54, 1.807) is 0 Å². The average Bonchev–Trinajstić information content (AvgIpc) is 2.91. The highest BCUT2D eigenvalue weighted by molar-refractivity contribution is 7.99. The molecule has 1 aromatic carbocycles. The quantitative estimate of drug-likeness (QED) is 0.645. The van der Waals surface area contributed by atoms with E-state index in [1.807, 2.05) is 13.8 Å². The minimum Gasteiger partial charge on any atom is -0.350 e. The van der Waals surface area contributed by atoms with E-state index in [1.165, 1.54) is 36.3 Å². The van der Waals surface area contributed by atoms with Crippen LogP contribution in [0, 0.1) is 10.1 Å². The van der Waals surface area contributed by atoms with E-state index in [2.05, 4.69) is 20.5 Å². The predicted molar refractivity (Wildman–Crippen MR) is 76.2 cm³/mol. The molecule has 0 unspecified atom stereocenters. The number of carbonyl (C=O) groups is 1. The lowest BCUT2D eigenvalue weighted by Crippen LogP contribution is -2.30. The molecular weight excluding hydrogens is 294 g/mol. The van der Waals surface area contributed by atoms with Gasteiger partial charge in [0, 0.05) is 23.1 Å². The van der Waals surface area contributed by atoms with Crippen LogP contribution in [0.3, 0.4) is 0 Å². The monoisotopic (exact) mass is 307 g/mol. The summed E-state index contributed by atoms with van der Waals surface area (Å²) in [5.41, 5.74) is 0.102. The molecule has 9 heteroatoms. The van der Waals surface area contributed by atoms with E-state index in [0.717, 1.165) is 0 Å². The van der Waals surface area contributed by atoms with E-state index in [0.29, 0.717) is 10.1 Å². The Bertz CT molecular complexity index is 657. The SMILES string of the molecule is CC(C)NC(=O)c1cc([N+](=O)[O-])ccc1Sc1ncn[nH]1. The third-order valence-electron chi connectivity index (χ3n) is 2.44. The maximum atomic E-state index is 12.2. The zero-order valence-corrected chi connectivity index (χ0v) is 12.2. The van der Waals surface area contributed by atoms with Crippen molar-refractivity contribution in [3.63, 3.8) is 0 Å². The van der Waals surface area contributed by atoms with Gasteiger partial charge in [0.25, 0.3) is 11.6 Å². The molecule has 0 saturated heterocycles. The largest absolute Gasteiger partial charge is 0.350 e. The number of aromatic amines is 1. The number of nitrogens with one attached hydrogen (secondary N) is 2. The normalized spacial score (nSPS) is 10.6. The summed E-state index contributed by atoms with van der Waals surface area (Å²) in [6.45, 7) is 3.64. The summed E-state index contributed by atoms with van der Waals surface area (Å²) in [6.07, 6.45) is 1.35. The van der Waals surface area contributed by atoms with Crippen LogP contribution in [0.25, 0.3) is 0 Å². The molecule has 0 bridgehead atoms. The summed E-state index contributed by atoms with van der Waals surface area (Å²) >= 11 is 1.18. The van der Waals surface area contributed by atoms with E-state index >= 15 is 0 Å². The topological polar surface area (TPSA) is 114 Å². The molecule has 2 N–H and O–H groups in total. The van der Waals surface area contributed by atoms with Gasteiger partial charge in [0.1, 0.15) is 6.33 Å². The molecule has 8 nitrogen and oxygen atoms in total. The van der Waals surface area contributed by atoms with Crippen LogP contribution >= 0.6 is 11.8 Å². The Kier molecular flexibility index (Phi) is 4.53. The van der Waals surface area contributed by atoms with Crippen molar-refractivity contribution < 1.29 is 9.72 Å². The first-order chi connectivity index (χ1) is 9.97. The van der Waals surface area contributed by atoms with Crippen LogP contribution in [-0.2, 0) is 0 Å². The molecule has 110 valence electrons. The Labute approximate surface area is 124 Å². The van der Waals surface area contributed by atoms with E-state index in [-0.39, 0.29) is 23.2 Å². The lowest BCUT2D eigenvalue weighted by molar-refractivity contribution is -0.384. The van der Waals surface area contributed by atoms with Crippen molar-refractivity contribution in [3.8, 4) is 0 Å². The van der Waals surface area contributed by atoms with Gasteiger partial charge in [0.15, 0.2) is 5.16 Å². The van der Waals surface area contributed by atoms with Gasteiger partial charge in [0.2, 0.25) is 0 Å². The highest BCUT2D eigenvalue weighted by Gasteiger charge is 2.18. The lowest BCUT2D eigenvalue weighted by Gasteiger charge is -2.11. The van der Waals surface area contributed by atoms with Crippen LogP contribution < -0.4 is 5.32 Å². The molecule has 0 atom stereocenters. The number of rotatable bonds is 5. The number of carbonyl (C=O) groups excluding carboxylic acids is 1. The standard InChI is InChI=1S/C12H13N5O3S/c1-7(2)15-11(18)9-5-8(17(19)20)3-4-10(9)21-12-13-6-14-16-12/h3-7H,1-2H3,(H,15,18)(H,13,14,16). The van der Waals surface area contributed by atoms with Gasteiger partial charge in [-0.05, 0) is 31.7 Å². The summed E-state index contributed by atoms with van der Waals surface area (Å²) in [5, 5.41) is 20.5. The molecule has 0 fully saturated rings. The number of nitro groups is 1. The van der Waals surface area contributed by atoms with E-state index in [4.69, 9.17) is 0 Å². The number of nitrogens with zero attached hydrogens (tertiary/aromatic N) is 3. The highest BCUT2D eigenvalue weighted by atomic mass is 32.2. The van der Waals surface area contributed by atoms with Crippen LogP contribution in [0.2, 0.25) is 0 Å². The minimum atomic E-state index is -0.533. The minimum absolute atomic E-state index is 0.0695. The van der Waals surface area contributed by atoms with E-state index < -0.39 is 4.92 Å². The zero-order chi connectivity index (χ0) is 15.4. The van der Waals surface area contributed by atoms with Crippen molar-refractivity contribution in [2.45, 2.75) is 29.9 Å². The van der Waals surface area contributed by atoms with Gasteiger partial charge >= 0.3 is 0 Å². The van der Waals surface area contributed by atoms with Gasteiger partial charge in [-0.1, -0.05) is 0 Å². The fourth-order valence-electron chi connectivity index (χ4n) is 1.59. The van der Waals surface area contributed by atoms with Crippen molar-refractivity contribution in [2.75, 3.05) is 0 Å². The maximum absolute atomic E-state index is 12.2. The van der Waals surface area contributed by atoms with Crippen molar-refractivity contribution in [1.82, 2.24) is 20.5 Å². The number of aromatic nitrogens is 3. The first kappa shape index (κ1) is 15.0. The van der Waals surface area contributed by atoms with Gasteiger partial charge in [-0.15, -0.1) is 0 Å². The van der Waals surface area contributed by atoms with Crippen LogP contribution in [-0.4, -0.2) is 32.1 Å². The first-order valence-electron chi connectivity index (χ1n) is 6.10. The van der Waals surface area contributed by atoms with Crippen molar-refractivity contribution in [2.24, 2.45) is 0 Å². The number of benzene rings is 1. The Morgan fingerprint density at radius 2 is 2.24 bits per heavy atom. The molecule has 21 heavy (non-hydrogen) atoms. The van der Waals surface area contributed by atoms with Crippen LogP contribution in [0.15, 0.2) is 34.6 Å². The zero-order valence-electron chi connectivity index (χ0n) is 11.4. The van der Waals surface area contributed by atoms with Gasteiger partial charge in [-0.2, -0.15) is 5.10 Å². The second kappa shape index (κ2) is 6.35. The molecule has 2 aromatic rings. The Hall–Kier alpha value is -2.42. The molecule has 0 spiro atoms. The third kappa shape index (κ3) is 3.78. The van der Waals surface area contributed by atoms with E-state index in [9.17, 15) is 14.9 Å². The molecule has 0 radical (unpaired) electrons. The Morgan fingerprint density at radius 3 is 2.81 bits per heavy atom. The van der Waals surface area contributed by atoms with Crippen molar-refractivity contribution >= 4 is 23.4 Å². The molecule has 1 amide bonds.